The van der Waals surface area contributed by atoms with Crippen molar-refractivity contribution in [2.24, 2.45) is 0 Å². The van der Waals surface area contributed by atoms with Crippen LogP contribution in [0.25, 0.3) is 33.4 Å². The Kier molecular flexibility index (Phi) is 13.6. The van der Waals surface area contributed by atoms with Crippen LogP contribution < -0.4 is 0 Å². The van der Waals surface area contributed by atoms with Crippen molar-refractivity contribution in [3.63, 3.8) is 0 Å². The summed E-state index contributed by atoms with van der Waals surface area (Å²) < 4.78 is 0. The minimum absolute atomic E-state index is 0. The van der Waals surface area contributed by atoms with Gasteiger partial charge in [-0.25, -0.2) is 0 Å². The molecule has 0 saturated heterocycles. The third-order valence-electron chi connectivity index (χ3n) is 6.48. The van der Waals surface area contributed by atoms with Gasteiger partial charge in [-0.3, -0.25) is 0 Å². The highest BCUT2D eigenvalue weighted by molar-refractivity contribution is 5.64. The lowest BCUT2D eigenvalue weighted by atomic mass is 10.0. The van der Waals surface area contributed by atoms with E-state index in [1.54, 1.807) is 0 Å². The van der Waals surface area contributed by atoms with Gasteiger partial charge in [-0.2, -0.15) is 0 Å². The molecule has 0 aromatic heterocycles. The van der Waals surface area contributed by atoms with Crippen molar-refractivity contribution in [3.8, 4) is 33.4 Å². The van der Waals surface area contributed by atoms with Crippen LogP contribution in [0, 0.1) is 20.8 Å². The fourth-order valence-corrected chi connectivity index (χ4v) is 4.13. The van der Waals surface area contributed by atoms with E-state index in [0.717, 1.165) is 0 Å². The van der Waals surface area contributed by atoms with Crippen molar-refractivity contribution in [2.75, 3.05) is 0 Å². The van der Waals surface area contributed by atoms with Crippen LogP contribution in [-0.4, -0.2) is 0 Å². The molecule has 0 nitrogen and oxygen atoms in total. The largest absolute Gasteiger partial charge is 0.0776 e. The van der Waals surface area contributed by atoms with Gasteiger partial charge >= 0.3 is 0 Å². The van der Waals surface area contributed by atoms with Crippen LogP contribution in [0.3, 0.4) is 0 Å². The molecule has 0 saturated carbocycles. The number of aryl methyl sites for hydroxylation is 3. The van der Waals surface area contributed by atoms with Crippen LogP contribution >= 0.6 is 0 Å². The summed E-state index contributed by atoms with van der Waals surface area (Å²) in [6.07, 6.45) is 0. The maximum atomic E-state index is 2.16. The Hall–Kier alpha value is -4.68. The van der Waals surface area contributed by atoms with Crippen LogP contribution in [-0.2, 0) is 0 Å². The SMILES string of the molecule is C.C.Cc1ccc(-c2ccccc2)cc1.Cc1ccc(-c2ccccc2)cc1.Cc1ccc(-c2ccccc2)cc1. The zero-order valence-corrected chi connectivity index (χ0v) is 23.1. The van der Waals surface area contributed by atoms with Crippen molar-refractivity contribution in [3.05, 3.63) is 180 Å². The molecule has 41 heavy (non-hydrogen) atoms. The molecule has 6 aromatic carbocycles. The van der Waals surface area contributed by atoms with Gasteiger partial charge in [-0.05, 0) is 54.2 Å². The second kappa shape index (κ2) is 17.1. The summed E-state index contributed by atoms with van der Waals surface area (Å²) in [7, 11) is 0. The Labute approximate surface area is 249 Å². The highest BCUT2D eigenvalue weighted by atomic mass is 14.0. The minimum Gasteiger partial charge on any atom is -0.0776 e. The molecular formula is C41H44. The molecule has 6 rings (SSSR count). The zero-order valence-electron chi connectivity index (χ0n) is 23.1. The highest BCUT2D eigenvalue weighted by Gasteiger charge is 1.96. The van der Waals surface area contributed by atoms with Crippen molar-refractivity contribution >= 4 is 0 Å². The predicted molar refractivity (Wildman–Crippen MR) is 183 cm³/mol. The van der Waals surface area contributed by atoms with Crippen molar-refractivity contribution in [1.82, 2.24) is 0 Å². The van der Waals surface area contributed by atoms with Gasteiger partial charge in [0.2, 0.25) is 0 Å². The lowest BCUT2D eigenvalue weighted by Gasteiger charge is -2.00. The average molecular weight is 537 g/mol. The molecule has 0 aliphatic carbocycles. The molecule has 0 radical (unpaired) electrons. The van der Waals surface area contributed by atoms with E-state index < -0.39 is 0 Å². The molecule has 0 bridgehead atoms. The van der Waals surface area contributed by atoms with Gasteiger partial charge in [-0.15, -0.1) is 0 Å². The number of hydrogen-bond donors (Lipinski definition) is 0. The summed E-state index contributed by atoms with van der Waals surface area (Å²) in [5.41, 5.74) is 11.6. The van der Waals surface area contributed by atoms with Crippen LogP contribution in [0.2, 0.25) is 0 Å². The molecule has 0 spiro atoms. The van der Waals surface area contributed by atoms with Gasteiger partial charge in [0.25, 0.3) is 0 Å². The van der Waals surface area contributed by atoms with Gasteiger partial charge in [0, 0.05) is 0 Å². The summed E-state index contributed by atoms with van der Waals surface area (Å²) in [6, 6.07) is 57.1. The maximum Gasteiger partial charge on any atom is -0.0184 e. The monoisotopic (exact) mass is 536 g/mol. The Bertz CT molecular complexity index is 1300. The van der Waals surface area contributed by atoms with Crippen LogP contribution in [0.15, 0.2) is 164 Å². The first-order chi connectivity index (χ1) is 19.1. The second-order valence-corrected chi connectivity index (χ2v) is 9.70. The molecule has 208 valence electrons. The Balaban J connectivity index is 0.000000210. The summed E-state index contributed by atoms with van der Waals surface area (Å²) in [6.45, 7) is 6.32. The van der Waals surface area contributed by atoms with Crippen LogP contribution in [0.4, 0.5) is 0 Å². The zero-order chi connectivity index (χ0) is 27.3. The predicted octanol–water partition coefficient (Wildman–Crippen LogP) is 12.3. The molecule has 0 heteroatoms. The normalized spacial score (nSPS) is 9.44. The molecule has 0 fully saturated rings. The third kappa shape index (κ3) is 10.4. The summed E-state index contributed by atoms with van der Waals surface area (Å²) in [5.74, 6) is 0. The highest BCUT2D eigenvalue weighted by Crippen LogP contribution is 2.20. The maximum absolute atomic E-state index is 2.16. The summed E-state index contributed by atoms with van der Waals surface area (Å²) in [5, 5.41) is 0. The molecule has 0 amide bonds. The fraction of sp³-hybridized carbons (Fsp3) is 0.122. The van der Waals surface area contributed by atoms with E-state index in [0.29, 0.717) is 0 Å². The lowest BCUT2D eigenvalue weighted by Crippen LogP contribution is -1.76. The van der Waals surface area contributed by atoms with Crippen LogP contribution in [0.5, 0.6) is 0 Å². The second-order valence-electron chi connectivity index (χ2n) is 9.70. The number of benzene rings is 6. The van der Waals surface area contributed by atoms with E-state index >= 15 is 0 Å². The molecule has 0 aliphatic rings. The van der Waals surface area contributed by atoms with E-state index in [2.05, 4.69) is 166 Å². The third-order valence-corrected chi connectivity index (χ3v) is 6.48. The Morgan fingerprint density at radius 3 is 0.585 bits per heavy atom. The lowest BCUT2D eigenvalue weighted by molar-refractivity contribution is 1.47. The van der Waals surface area contributed by atoms with E-state index in [1.165, 1.54) is 50.1 Å². The van der Waals surface area contributed by atoms with Gasteiger partial charge in [0.15, 0.2) is 0 Å². The van der Waals surface area contributed by atoms with Crippen molar-refractivity contribution in [1.29, 1.82) is 0 Å². The summed E-state index contributed by atoms with van der Waals surface area (Å²) >= 11 is 0. The van der Waals surface area contributed by atoms with Crippen LogP contribution in [0.1, 0.15) is 31.5 Å². The number of rotatable bonds is 3. The fourth-order valence-electron chi connectivity index (χ4n) is 4.13. The van der Waals surface area contributed by atoms with Gasteiger partial charge < -0.3 is 0 Å². The Morgan fingerprint density at radius 1 is 0.220 bits per heavy atom. The van der Waals surface area contributed by atoms with Gasteiger partial charge in [-0.1, -0.05) is 195 Å². The van der Waals surface area contributed by atoms with Crippen molar-refractivity contribution in [2.45, 2.75) is 35.6 Å². The molecule has 0 N–H and O–H groups in total. The van der Waals surface area contributed by atoms with Gasteiger partial charge in [0.05, 0.1) is 0 Å². The molecule has 0 atom stereocenters. The molecule has 0 aliphatic heterocycles. The first-order valence-corrected chi connectivity index (χ1v) is 13.4. The quantitative estimate of drug-likeness (QED) is 0.211. The molecule has 0 unspecified atom stereocenters. The first kappa shape index (κ1) is 32.5. The Morgan fingerprint density at radius 2 is 0.390 bits per heavy atom. The average Bonchev–Trinajstić information content (AvgIpc) is 3.00. The standard InChI is InChI=1S/3C13H12.2CH4/c3*1-11-7-9-13(10-8-11)12-5-3-2-4-6-12;;/h3*2-10H,1H3;2*1H4. The topological polar surface area (TPSA) is 0 Å². The minimum atomic E-state index is 0. The first-order valence-electron chi connectivity index (χ1n) is 13.4. The summed E-state index contributed by atoms with van der Waals surface area (Å²) in [4.78, 5) is 0. The van der Waals surface area contributed by atoms with E-state index in [4.69, 9.17) is 0 Å². The molecule has 6 aromatic rings. The van der Waals surface area contributed by atoms with Crippen molar-refractivity contribution < 1.29 is 0 Å². The molecule has 0 heterocycles. The van der Waals surface area contributed by atoms with E-state index in [1.807, 2.05) is 18.2 Å². The number of hydrogen-bond acceptors (Lipinski definition) is 0. The van der Waals surface area contributed by atoms with Gasteiger partial charge in [0.1, 0.15) is 0 Å². The smallest absolute Gasteiger partial charge is 0.0184 e. The van der Waals surface area contributed by atoms with E-state index in [-0.39, 0.29) is 14.9 Å². The van der Waals surface area contributed by atoms with E-state index in [9.17, 15) is 0 Å². The molecular weight excluding hydrogens is 492 g/mol.